The summed E-state index contributed by atoms with van der Waals surface area (Å²) in [6, 6.07) is 6.68. The predicted molar refractivity (Wildman–Crippen MR) is 93.4 cm³/mol. The minimum Gasteiger partial charge on any atom is -0.368 e. The monoisotopic (exact) mass is 368 g/mol. The second-order valence-corrected chi connectivity index (χ2v) is 6.38. The van der Waals surface area contributed by atoms with Crippen molar-refractivity contribution in [2.24, 2.45) is 0 Å². The van der Waals surface area contributed by atoms with Gasteiger partial charge in [0, 0.05) is 18.1 Å². The van der Waals surface area contributed by atoms with Gasteiger partial charge in [0.15, 0.2) is 6.20 Å². The van der Waals surface area contributed by atoms with E-state index in [1.807, 2.05) is 0 Å². The minimum absolute atomic E-state index is 0.104. The molecule has 1 unspecified atom stereocenters. The van der Waals surface area contributed by atoms with Gasteiger partial charge in [-0.2, -0.15) is 4.98 Å². The molecule has 6 nitrogen and oxygen atoms in total. The van der Waals surface area contributed by atoms with Crippen molar-refractivity contribution in [1.82, 2.24) is 15.3 Å². The van der Waals surface area contributed by atoms with Gasteiger partial charge in [-0.25, -0.2) is 14.4 Å². The topological polar surface area (TPSA) is 95.0 Å². The number of anilines is 1. The van der Waals surface area contributed by atoms with Crippen molar-refractivity contribution in [2.75, 3.05) is 5.73 Å². The number of aromatic nitrogens is 3. The molecular weight excluding hydrogens is 352 g/mol. The molecule has 4 N–H and O–H groups in total. The van der Waals surface area contributed by atoms with Crippen LogP contribution in [0.2, 0.25) is 0 Å². The second kappa shape index (κ2) is 6.39. The first kappa shape index (κ1) is 17.0. The summed E-state index contributed by atoms with van der Waals surface area (Å²) < 4.78 is 27.1. The van der Waals surface area contributed by atoms with Crippen LogP contribution in [-0.4, -0.2) is 15.9 Å². The first-order chi connectivity index (χ1) is 12.9. The van der Waals surface area contributed by atoms with E-state index in [0.717, 1.165) is 0 Å². The first-order valence-corrected chi connectivity index (χ1v) is 8.33. The molecular formula is C19H16F2N5O+. The van der Waals surface area contributed by atoms with E-state index < -0.39 is 17.8 Å². The van der Waals surface area contributed by atoms with E-state index in [0.29, 0.717) is 40.1 Å². The highest BCUT2D eigenvalue weighted by molar-refractivity contribution is 5.98. The zero-order valence-electron chi connectivity index (χ0n) is 14.4. The number of nitrogens with one attached hydrogen (secondary N) is 2. The summed E-state index contributed by atoms with van der Waals surface area (Å²) in [6.45, 7) is 1.70. The summed E-state index contributed by atoms with van der Waals surface area (Å²) in [5.41, 5.74) is 9.06. The molecule has 0 saturated heterocycles. The van der Waals surface area contributed by atoms with E-state index >= 15 is 0 Å². The Labute approximate surface area is 153 Å². The lowest BCUT2D eigenvalue weighted by Gasteiger charge is -2.27. The molecule has 0 spiro atoms. The van der Waals surface area contributed by atoms with Crippen molar-refractivity contribution < 1.29 is 18.6 Å². The Balaban J connectivity index is 1.80. The number of nitrogen functional groups attached to an aromatic ring is 1. The molecule has 8 heteroatoms. The summed E-state index contributed by atoms with van der Waals surface area (Å²) in [5, 5.41) is 2.92. The molecule has 1 aliphatic heterocycles. The van der Waals surface area contributed by atoms with Crippen LogP contribution >= 0.6 is 0 Å². The third kappa shape index (κ3) is 3.10. The number of pyridine rings is 1. The molecule has 3 aromatic rings. The lowest BCUT2D eigenvalue weighted by Crippen LogP contribution is -2.37. The minimum atomic E-state index is -0.501. The molecule has 1 amide bonds. The number of halogens is 2. The summed E-state index contributed by atoms with van der Waals surface area (Å²) in [5.74, 6) is -1.13. The van der Waals surface area contributed by atoms with E-state index in [1.54, 1.807) is 19.1 Å². The van der Waals surface area contributed by atoms with Gasteiger partial charge in [0.2, 0.25) is 5.95 Å². The molecule has 0 aliphatic carbocycles. The third-order valence-electron chi connectivity index (χ3n) is 4.59. The largest absolute Gasteiger partial charge is 0.368 e. The van der Waals surface area contributed by atoms with Crippen molar-refractivity contribution >= 4 is 11.9 Å². The summed E-state index contributed by atoms with van der Waals surface area (Å²) >= 11 is 0. The zero-order chi connectivity index (χ0) is 19.1. The van der Waals surface area contributed by atoms with Crippen molar-refractivity contribution in [3.8, 4) is 11.1 Å². The Bertz CT molecular complexity index is 1050. The Morgan fingerprint density at radius 1 is 1.22 bits per heavy atom. The van der Waals surface area contributed by atoms with Gasteiger partial charge in [0.25, 0.3) is 5.91 Å². The van der Waals surface area contributed by atoms with Crippen molar-refractivity contribution in [3.05, 3.63) is 70.8 Å². The van der Waals surface area contributed by atoms with Gasteiger partial charge in [-0.05, 0) is 36.2 Å². The lowest BCUT2D eigenvalue weighted by molar-refractivity contribution is -0.421. The number of nitrogens with zero attached hydrogens (tertiary/aromatic N) is 2. The van der Waals surface area contributed by atoms with Crippen LogP contribution in [0.1, 0.15) is 33.4 Å². The zero-order valence-corrected chi connectivity index (χ0v) is 14.4. The normalized spacial score (nSPS) is 16.0. The molecule has 0 bridgehead atoms. The van der Waals surface area contributed by atoms with E-state index in [4.69, 9.17) is 5.73 Å². The Kier molecular flexibility index (Phi) is 4.02. The van der Waals surface area contributed by atoms with Crippen LogP contribution in [0.15, 0.2) is 36.5 Å². The van der Waals surface area contributed by atoms with Gasteiger partial charge in [0.1, 0.15) is 5.82 Å². The van der Waals surface area contributed by atoms with Gasteiger partial charge in [0.05, 0.1) is 23.0 Å². The standard InChI is InChI=1S/C19H15F2N5O/c1-9-17-15(26-19(22)24-9)7-14(25-18(17)27)12-4-3-11(20)6-13(12)10-2-5-16(21)23-8-10/h2-6,8,14H,7H2,1H3,(H,25,27)(H2,22,24,26)/p+1. The fourth-order valence-corrected chi connectivity index (χ4v) is 3.42. The average molecular weight is 368 g/mol. The number of H-pyrrole nitrogens is 1. The number of amides is 1. The maximum atomic E-state index is 13.9. The van der Waals surface area contributed by atoms with Crippen LogP contribution in [0.25, 0.3) is 11.1 Å². The number of benzene rings is 1. The van der Waals surface area contributed by atoms with Gasteiger partial charge < -0.3 is 11.1 Å². The smallest absolute Gasteiger partial charge is 0.357 e. The van der Waals surface area contributed by atoms with Crippen molar-refractivity contribution in [3.63, 3.8) is 0 Å². The van der Waals surface area contributed by atoms with Gasteiger partial charge in [-0.1, -0.05) is 6.07 Å². The number of aromatic amines is 1. The molecule has 3 heterocycles. The summed E-state index contributed by atoms with van der Waals surface area (Å²) in [6.07, 6.45) is 1.84. The molecule has 2 aromatic heterocycles. The van der Waals surface area contributed by atoms with Gasteiger partial charge in [-0.15, -0.1) is 4.39 Å². The summed E-state index contributed by atoms with van der Waals surface area (Å²) in [4.78, 5) is 23.3. The molecule has 4 rings (SSSR count). The summed E-state index contributed by atoms with van der Waals surface area (Å²) in [7, 11) is 0. The highest BCUT2D eigenvalue weighted by Gasteiger charge is 2.30. The van der Waals surface area contributed by atoms with Crippen LogP contribution in [0, 0.1) is 18.7 Å². The fourth-order valence-electron chi connectivity index (χ4n) is 3.42. The van der Waals surface area contributed by atoms with E-state index in [9.17, 15) is 13.6 Å². The highest BCUT2D eigenvalue weighted by Crippen LogP contribution is 2.33. The first-order valence-electron chi connectivity index (χ1n) is 8.33. The van der Waals surface area contributed by atoms with E-state index in [2.05, 4.69) is 20.3 Å². The third-order valence-corrected chi connectivity index (χ3v) is 4.59. The molecule has 0 saturated carbocycles. The molecule has 0 fully saturated rings. The fraction of sp³-hybridized carbons (Fsp3) is 0.158. The number of carbonyl (C=O) groups excluding carboxylic acids is 1. The SMILES string of the molecule is Cc1nc(N)nc2c1C(=O)NC(c1ccc(F)cc1-c1ccc(F)[nH+]c1)C2. The molecule has 1 aliphatic rings. The number of fused-ring (bicyclic) bond motifs is 1. The number of nitrogens with two attached hydrogens (primary N) is 1. The van der Waals surface area contributed by atoms with Crippen LogP contribution in [0.4, 0.5) is 14.7 Å². The van der Waals surface area contributed by atoms with E-state index in [-0.39, 0.29) is 11.9 Å². The number of aryl methyl sites for hydroxylation is 1. The highest BCUT2D eigenvalue weighted by atomic mass is 19.1. The van der Waals surface area contributed by atoms with E-state index in [1.165, 1.54) is 24.4 Å². The van der Waals surface area contributed by atoms with Crippen molar-refractivity contribution in [1.29, 1.82) is 0 Å². The second-order valence-electron chi connectivity index (χ2n) is 6.38. The van der Waals surface area contributed by atoms with Crippen LogP contribution in [0.3, 0.4) is 0 Å². The van der Waals surface area contributed by atoms with Gasteiger partial charge >= 0.3 is 5.95 Å². The maximum Gasteiger partial charge on any atom is 0.357 e. The number of carbonyl (C=O) groups is 1. The van der Waals surface area contributed by atoms with Gasteiger partial charge in [-0.3, -0.25) is 4.79 Å². The van der Waals surface area contributed by atoms with Crippen LogP contribution in [-0.2, 0) is 6.42 Å². The Hall–Kier alpha value is -3.42. The Morgan fingerprint density at radius 2 is 2.04 bits per heavy atom. The molecule has 27 heavy (non-hydrogen) atoms. The predicted octanol–water partition coefficient (Wildman–Crippen LogP) is 2.15. The van der Waals surface area contributed by atoms with Crippen LogP contribution < -0.4 is 16.0 Å². The molecule has 1 atom stereocenters. The number of rotatable bonds is 2. The van der Waals surface area contributed by atoms with Crippen molar-refractivity contribution in [2.45, 2.75) is 19.4 Å². The van der Waals surface area contributed by atoms with Crippen LogP contribution in [0.5, 0.6) is 0 Å². The lowest BCUT2D eigenvalue weighted by atomic mass is 9.89. The number of hydrogen-bond donors (Lipinski definition) is 2. The Morgan fingerprint density at radius 3 is 2.78 bits per heavy atom. The quantitative estimate of drug-likeness (QED) is 0.678. The number of hydrogen-bond acceptors (Lipinski definition) is 4. The maximum absolute atomic E-state index is 13.9. The molecule has 0 radical (unpaired) electrons. The average Bonchev–Trinajstić information content (AvgIpc) is 2.61. The molecule has 1 aromatic carbocycles. The molecule has 136 valence electrons.